The maximum absolute atomic E-state index is 11.1. The predicted molar refractivity (Wildman–Crippen MR) is 142 cm³/mol. The van der Waals surface area contributed by atoms with E-state index in [1.807, 2.05) is 18.2 Å². The Morgan fingerprint density at radius 1 is 1.17 bits per heavy atom. The van der Waals surface area contributed by atoms with Crippen molar-refractivity contribution in [2.45, 2.75) is 37.8 Å². The third kappa shape index (κ3) is 6.91. The topological polar surface area (TPSA) is 94.9 Å². The van der Waals surface area contributed by atoms with Crippen LogP contribution in [0.3, 0.4) is 0 Å². The highest BCUT2D eigenvalue weighted by atomic mass is 16.5. The Labute approximate surface area is 212 Å². The van der Waals surface area contributed by atoms with Crippen LogP contribution in [0.2, 0.25) is 0 Å². The molecule has 2 heterocycles. The molecule has 4 rings (SSSR count). The number of aliphatic hydroxyl groups is 1. The summed E-state index contributed by atoms with van der Waals surface area (Å²) in [7, 11) is 1.55. The van der Waals surface area contributed by atoms with Crippen molar-refractivity contribution in [3.8, 4) is 5.88 Å². The fraction of sp³-hybridized carbons (Fsp3) is 0.379. The van der Waals surface area contributed by atoms with Gasteiger partial charge < -0.3 is 25.2 Å². The first-order valence-electron chi connectivity index (χ1n) is 12.6. The average Bonchev–Trinajstić information content (AvgIpc) is 2.90. The van der Waals surface area contributed by atoms with E-state index < -0.39 is 12.1 Å². The van der Waals surface area contributed by atoms with E-state index in [4.69, 9.17) is 9.84 Å². The summed E-state index contributed by atoms with van der Waals surface area (Å²) in [6, 6.07) is 18.4. The molecule has 7 nitrogen and oxygen atoms in total. The van der Waals surface area contributed by atoms with Crippen LogP contribution in [-0.4, -0.2) is 65.4 Å². The van der Waals surface area contributed by atoms with Crippen molar-refractivity contribution in [2.75, 3.05) is 33.3 Å². The van der Waals surface area contributed by atoms with Crippen molar-refractivity contribution in [1.29, 1.82) is 0 Å². The van der Waals surface area contributed by atoms with E-state index >= 15 is 0 Å². The normalized spacial score (nSPS) is 15.9. The number of aliphatic carboxylic acids is 1. The Hall–Kier alpha value is -3.26. The lowest BCUT2D eigenvalue weighted by atomic mass is 9.98. The number of methoxy groups -OCH3 is 1. The van der Waals surface area contributed by atoms with Gasteiger partial charge in [0, 0.05) is 35.7 Å². The smallest absolute Gasteiger partial charge is 0.328 e. The first kappa shape index (κ1) is 25.8. The van der Waals surface area contributed by atoms with Crippen LogP contribution >= 0.6 is 0 Å². The van der Waals surface area contributed by atoms with Crippen LogP contribution in [0.4, 0.5) is 0 Å². The summed E-state index contributed by atoms with van der Waals surface area (Å²) < 4.78 is 5.30. The van der Waals surface area contributed by atoms with Gasteiger partial charge in [0.25, 0.3) is 0 Å². The summed E-state index contributed by atoms with van der Waals surface area (Å²) in [5, 5.41) is 24.6. The summed E-state index contributed by atoms with van der Waals surface area (Å²) in [5.41, 5.74) is 3.47. The number of hydrogen-bond acceptors (Lipinski definition) is 6. The zero-order valence-corrected chi connectivity index (χ0v) is 20.8. The third-order valence-electron chi connectivity index (χ3n) is 6.81. The van der Waals surface area contributed by atoms with E-state index in [1.165, 1.54) is 5.56 Å². The third-order valence-corrected chi connectivity index (χ3v) is 6.81. The molecule has 36 heavy (non-hydrogen) atoms. The second-order valence-electron chi connectivity index (χ2n) is 9.30. The summed E-state index contributed by atoms with van der Waals surface area (Å²) in [4.78, 5) is 17.9. The lowest BCUT2D eigenvalue weighted by Crippen LogP contribution is -2.44. The maximum atomic E-state index is 11.1. The minimum absolute atomic E-state index is 0.453. The summed E-state index contributed by atoms with van der Waals surface area (Å²) in [6.07, 6.45) is 6.29. The Morgan fingerprint density at radius 3 is 2.67 bits per heavy atom. The number of benzene rings is 2. The van der Waals surface area contributed by atoms with Crippen molar-refractivity contribution in [3.63, 3.8) is 0 Å². The number of pyridine rings is 1. The van der Waals surface area contributed by atoms with Gasteiger partial charge in [-0.2, -0.15) is 0 Å². The van der Waals surface area contributed by atoms with Crippen molar-refractivity contribution < 1.29 is 19.7 Å². The van der Waals surface area contributed by atoms with Crippen LogP contribution in [0.5, 0.6) is 5.88 Å². The predicted octanol–water partition coefficient (Wildman–Crippen LogP) is 4.06. The van der Waals surface area contributed by atoms with Gasteiger partial charge >= 0.3 is 5.97 Å². The molecule has 1 fully saturated rings. The number of hydrogen-bond donors (Lipinski definition) is 3. The fourth-order valence-electron chi connectivity index (χ4n) is 4.84. The number of aryl methyl sites for hydroxylation is 1. The molecule has 1 aliphatic rings. The maximum Gasteiger partial charge on any atom is 0.328 e. The number of nitrogens with one attached hydrogen (secondary N) is 1. The summed E-state index contributed by atoms with van der Waals surface area (Å²) >= 11 is 0. The van der Waals surface area contributed by atoms with Crippen LogP contribution in [0.1, 0.15) is 42.1 Å². The second kappa shape index (κ2) is 12.6. The molecule has 1 atom stereocenters. The minimum Gasteiger partial charge on any atom is -0.481 e. The molecule has 7 heteroatoms. The first-order valence-corrected chi connectivity index (χ1v) is 12.6. The van der Waals surface area contributed by atoms with E-state index in [0.29, 0.717) is 24.0 Å². The Morgan fingerprint density at radius 2 is 1.94 bits per heavy atom. The number of carboxylic acids is 1. The van der Waals surface area contributed by atoms with Gasteiger partial charge in [-0.05, 0) is 68.6 Å². The van der Waals surface area contributed by atoms with Gasteiger partial charge in [0.15, 0.2) is 0 Å². The van der Waals surface area contributed by atoms with E-state index in [0.717, 1.165) is 67.9 Å². The van der Waals surface area contributed by atoms with Crippen LogP contribution < -0.4 is 10.1 Å². The van der Waals surface area contributed by atoms with E-state index in [2.05, 4.69) is 45.5 Å². The van der Waals surface area contributed by atoms with Crippen LogP contribution in [0, 0.1) is 0 Å². The quantitative estimate of drug-likeness (QED) is 0.276. The summed E-state index contributed by atoms with van der Waals surface area (Å²) in [5.74, 6) is -0.558. The van der Waals surface area contributed by atoms with Crippen molar-refractivity contribution in [1.82, 2.24) is 15.2 Å². The molecule has 1 saturated heterocycles. The number of carboxylic acid groups (broad SMARTS) is 1. The number of fused-ring (bicyclic) bond motifs is 1. The largest absolute Gasteiger partial charge is 0.481 e. The van der Waals surface area contributed by atoms with Gasteiger partial charge in [-0.15, -0.1) is 0 Å². The first-order chi connectivity index (χ1) is 17.5. The van der Waals surface area contributed by atoms with Gasteiger partial charge in [-0.1, -0.05) is 42.5 Å². The van der Waals surface area contributed by atoms with E-state index in [-0.39, 0.29) is 0 Å². The Kier molecular flexibility index (Phi) is 9.06. The monoisotopic (exact) mass is 489 g/mol. The number of β-amino-alcohol motifs (C(OH)–C–C–N with tert-alkyl or cyclic N) is 1. The number of ether oxygens (including phenoxy) is 1. The van der Waals surface area contributed by atoms with Crippen molar-refractivity contribution >= 4 is 22.9 Å². The molecule has 0 saturated carbocycles. The highest BCUT2D eigenvalue weighted by Crippen LogP contribution is 2.29. The molecule has 0 spiro atoms. The number of aromatic nitrogens is 1. The molecule has 190 valence electrons. The average molecular weight is 490 g/mol. The number of likely N-dealkylation sites (tertiary alicyclic amines) is 1. The van der Waals surface area contributed by atoms with Crippen LogP contribution in [0.15, 0.2) is 60.7 Å². The van der Waals surface area contributed by atoms with Gasteiger partial charge in [-0.25, -0.2) is 9.78 Å². The minimum atomic E-state index is -1.01. The molecule has 0 bridgehead atoms. The molecule has 1 aromatic heterocycles. The van der Waals surface area contributed by atoms with Gasteiger partial charge in [0.1, 0.15) is 0 Å². The van der Waals surface area contributed by atoms with Crippen LogP contribution in [0.25, 0.3) is 17.0 Å². The van der Waals surface area contributed by atoms with E-state index in [9.17, 15) is 9.90 Å². The number of carbonyl (C=O) groups is 1. The van der Waals surface area contributed by atoms with Crippen molar-refractivity contribution in [3.05, 3.63) is 77.4 Å². The lowest BCUT2D eigenvalue weighted by Gasteiger charge is -2.33. The molecular formula is C29H35N3O4. The standard InChI is InChI=1S/C29H35N3O4/c1-36-27-13-12-24-22(10-14-28(34)35)9-11-25(29(24)31-27)26(33)20-32-18-15-23(16-19-32)30-17-5-8-21-6-3-2-4-7-21/h2-4,6-7,9-14,23,26,30,33H,5,8,15-20H2,1H3,(H,34,35)/b14-10+. The number of nitrogens with zero attached hydrogens (tertiary/aromatic N) is 2. The zero-order chi connectivity index (χ0) is 25.3. The number of rotatable bonds is 11. The zero-order valence-electron chi connectivity index (χ0n) is 20.8. The van der Waals surface area contributed by atoms with E-state index in [1.54, 1.807) is 19.3 Å². The molecule has 0 amide bonds. The molecular weight excluding hydrogens is 454 g/mol. The molecule has 1 unspecified atom stereocenters. The molecule has 2 aromatic carbocycles. The Bertz CT molecular complexity index is 1170. The SMILES string of the molecule is COc1ccc2c(/C=C/C(=O)O)ccc(C(O)CN3CCC(NCCCc4ccccc4)CC3)c2n1. The van der Waals surface area contributed by atoms with Crippen molar-refractivity contribution in [2.24, 2.45) is 0 Å². The summed E-state index contributed by atoms with van der Waals surface area (Å²) in [6.45, 7) is 3.41. The van der Waals surface area contributed by atoms with Crippen LogP contribution in [-0.2, 0) is 11.2 Å². The molecule has 3 N–H and O–H groups in total. The van der Waals surface area contributed by atoms with Gasteiger partial charge in [-0.3, -0.25) is 0 Å². The highest BCUT2D eigenvalue weighted by Gasteiger charge is 2.23. The second-order valence-corrected chi connectivity index (χ2v) is 9.30. The molecule has 3 aromatic rings. The van der Waals surface area contributed by atoms with Gasteiger partial charge in [0.2, 0.25) is 5.88 Å². The fourth-order valence-corrected chi connectivity index (χ4v) is 4.84. The highest BCUT2D eigenvalue weighted by molar-refractivity contribution is 5.94. The molecule has 1 aliphatic heterocycles. The molecule has 0 aliphatic carbocycles. The number of piperidine rings is 1. The van der Waals surface area contributed by atoms with Gasteiger partial charge in [0.05, 0.1) is 18.7 Å². The number of aliphatic hydroxyl groups excluding tert-OH is 1. The lowest BCUT2D eigenvalue weighted by molar-refractivity contribution is -0.131. The Balaban J connectivity index is 1.33. The molecule has 0 radical (unpaired) electrons.